The fourth-order valence-electron chi connectivity index (χ4n) is 3.12. The minimum absolute atomic E-state index is 0.266. The number of likely N-dealkylation sites (N-methyl/N-ethyl adjacent to an activating group) is 1. The average molecular weight is 505 g/mol. The number of hydrogen-bond acceptors (Lipinski definition) is 6. The number of amides is 1. The molecule has 1 heterocycles. The third-order valence-electron chi connectivity index (χ3n) is 4.62. The van der Waals surface area contributed by atoms with Gasteiger partial charge in [-0.1, -0.05) is 22.0 Å². The predicted octanol–water partition coefficient (Wildman–Crippen LogP) is 4.20. The second kappa shape index (κ2) is 11.2. The molecule has 0 aromatic heterocycles. The first-order valence-corrected chi connectivity index (χ1v) is 10.8. The quantitative estimate of drug-likeness (QED) is 0.409. The first-order valence-electron chi connectivity index (χ1n) is 10.0. The van der Waals surface area contributed by atoms with Crippen LogP contribution in [0.3, 0.4) is 0 Å². The fourth-order valence-corrected chi connectivity index (χ4v) is 3.46. The van der Waals surface area contributed by atoms with Gasteiger partial charge in [0.15, 0.2) is 0 Å². The molecule has 170 valence electrons. The van der Waals surface area contributed by atoms with E-state index in [1.807, 2.05) is 19.0 Å². The second-order valence-corrected chi connectivity index (χ2v) is 8.29. The van der Waals surface area contributed by atoms with Gasteiger partial charge in [0.05, 0.1) is 23.7 Å². The molecule has 32 heavy (non-hydrogen) atoms. The lowest BCUT2D eigenvalue weighted by molar-refractivity contribution is -0.111. The zero-order valence-electron chi connectivity index (χ0n) is 18.3. The lowest BCUT2D eigenvalue weighted by atomic mass is 10.1. The fraction of sp³-hybridized carbons (Fsp3) is 0.304. The maximum Gasteiger partial charge on any atom is 0.248 e. The van der Waals surface area contributed by atoms with Crippen molar-refractivity contribution in [1.82, 2.24) is 4.90 Å². The zero-order valence-corrected chi connectivity index (χ0v) is 19.9. The smallest absolute Gasteiger partial charge is 0.248 e. The van der Waals surface area contributed by atoms with Crippen molar-refractivity contribution in [2.24, 2.45) is 4.99 Å². The van der Waals surface area contributed by atoms with Crippen LogP contribution in [0.4, 0.5) is 21.5 Å². The standard InChI is InChI=1S/C23H26BrFN4O3/c1-28(2)8-4-5-23(30)27-19-11-16-14-26-15-29(20-7-6-17(24)12-18(20)25)21(16)13-22(19)32-10-9-31-3/h4-7,11-14H,8-10,15H2,1-3H3,(H,27,30)/b5-4+. The van der Waals surface area contributed by atoms with Gasteiger partial charge in [-0.2, -0.15) is 0 Å². The van der Waals surface area contributed by atoms with Gasteiger partial charge < -0.3 is 24.6 Å². The summed E-state index contributed by atoms with van der Waals surface area (Å²) in [4.78, 5) is 20.5. The van der Waals surface area contributed by atoms with Crippen LogP contribution in [0.2, 0.25) is 0 Å². The summed E-state index contributed by atoms with van der Waals surface area (Å²) in [6, 6.07) is 8.46. The number of carbonyl (C=O) groups is 1. The average Bonchev–Trinajstić information content (AvgIpc) is 2.74. The number of methoxy groups -OCH3 is 1. The number of aliphatic imine (C=N–C) groups is 1. The van der Waals surface area contributed by atoms with E-state index in [-0.39, 0.29) is 18.4 Å². The monoisotopic (exact) mass is 504 g/mol. The molecular weight excluding hydrogens is 479 g/mol. The molecule has 0 radical (unpaired) electrons. The van der Waals surface area contributed by atoms with Crippen LogP contribution >= 0.6 is 15.9 Å². The number of rotatable bonds is 9. The van der Waals surface area contributed by atoms with E-state index in [0.29, 0.717) is 41.4 Å². The molecule has 7 nitrogen and oxygen atoms in total. The molecule has 0 aliphatic carbocycles. The van der Waals surface area contributed by atoms with Gasteiger partial charge in [-0.3, -0.25) is 9.79 Å². The highest BCUT2D eigenvalue weighted by molar-refractivity contribution is 9.10. The number of anilines is 3. The van der Waals surface area contributed by atoms with E-state index in [9.17, 15) is 9.18 Å². The lowest BCUT2D eigenvalue weighted by Crippen LogP contribution is -2.23. The summed E-state index contributed by atoms with van der Waals surface area (Å²) in [7, 11) is 5.43. The predicted molar refractivity (Wildman–Crippen MR) is 129 cm³/mol. The van der Waals surface area contributed by atoms with Crippen LogP contribution in [-0.2, 0) is 9.53 Å². The first-order chi connectivity index (χ1) is 15.4. The number of hydrogen-bond donors (Lipinski definition) is 1. The Morgan fingerprint density at radius 3 is 2.81 bits per heavy atom. The summed E-state index contributed by atoms with van der Waals surface area (Å²) in [6.45, 7) is 1.60. The Hall–Kier alpha value is -2.75. The van der Waals surface area contributed by atoms with Crippen LogP contribution in [0.15, 0.2) is 51.9 Å². The van der Waals surface area contributed by atoms with Gasteiger partial charge in [0.1, 0.15) is 24.8 Å². The summed E-state index contributed by atoms with van der Waals surface area (Å²) in [5, 5.41) is 2.86. The van der Waals surface area contributed by atoms with E-state index in [1.165, 1.54) is 12.1 Å². The number of nitrogens with zero attached hydrogens (tertiary/aromatic N) is 3. The van der Waals surface area contributed by atoms with Gasteiger partial charge in [0.2, 0.25) is 5.91 Å². The highest BCUT2D eigenvalue weighted by atomic mass is 79.9. The summed E-state index contributed by atoms with van der Waals surface area (Å²) < 4.78 is 26.3. The van der Waals surface area contributed by atoms with E-state index in [1.54, 1.807) is 48.6 Å². The molecule has 2 aromatic rings. The number of benzene rings is 2. The third-order valence-corrected chi connectivity index (χ3v) is 5.11. The number of nitrogens with one attached hydrogen (secondary N) is 1. The molecule has 1 amide bonds. The van der Waals surface area contributed by atoms with Gasteiger partial charge in [-0.05, 0) is 38.4 Å². The van der Waals surface area contributed by atoms with Crippen molar-refractivity contribution < 1.29 is 18.7 Å². The highest BCUT2D eigenvalue weighted by Crippen LogP contribution is 2.39. The Balaban J connectivity index is 1.94. The molecule has 3 rings (SSSR count). The Morgan fingerprint density at radius 1 is 1.28 bits per heavy atom. The molecule has 9 heteroatoms. The van der Waals surface area contributed by atoms with Gasteiger partial charge in [-0.15, -0.1) is 0 Å². The number of fused-ring (bicyclic) bond motifs is 1. The second-order valence-electron chi connectivity index (χ2n) is 7.38. The molecule has 0 atom stereocenters. The van der Waals surface area contributed by atoms with Crippen LogP contribution in [0, 0.1) is 5.82 Å². The molecule has 1 aliphatic rings. The van der Waals surface area contributed by atoms with Crippen LogP contribution in [0.25, 0.3) is 0 Å². The number of ether oxygens (including phenoxy) is 2. The van der Waals surface area contributed by atoms with Crippen molar-refractivity contribution in [3.05, 3.63) is 58.3 Å². The van der Waals surface area contributed by atoms with Crippen LogP contribution < -0.4 is 15.0 Å². The maximum atomic E-state index is 14.7. The van der Waals surface area contributed by atoms with Gasteiger partial charge in [0.25, 0.3) is 0 Å². The minimum atomic E-state index is -0.368. The van der Waals surface area contributed by atoms with Crippen LogP contribution in [0.5, 0.6) is 5.75 Å². The summed E-state index contributed by atoms with van der Waals surface area (Å²) in [6.07, 6.45) is 4.97. The van der Waals surface area contributed by atoms with E-state index >= 15 is 0 Å². The molecule has 0 saturated heterocycles. The summed E-state index contributed by atoms with van der Waals surface area (Å²) in [5.74, 6) is -0.174. The van der Waals surface area contributed by atoms with E-state index < -0.39 is 0 Å². The largest absolute Gasteiger partial charge is 0.489 e. The topological polar surface area (TPSA) is 66.4 Å². The highest BCUT2D eigenvalue weighted by Gasteiger charge is 2.22. The minimum Gasteiger partial charge on any atom is -0.489 e. The van der Waals surface area contributed by atoms with E-state index in [0.717, 1.165) is 11.3 Å². The van der Waals surface area contributed by atoms with Gasteiger partial charge in [0, 0.05) is 42.0 Å². The number of halogens is 2. The molecule has 0 bridgehead atoms. The zero-order chi connectivity index (χ0) is 23.1. The Labute approximate surface area is 195 Å². The van der Waals surface area contributed by atoms with Gasteiger partial charge >= 0.3 is 0 Å². The SMILES string of the molecule is COCCOc1cc2c(cc1NC(=O)/C=C/CN(C)C)C=NCN2c1ccc(Br)cc1F. The Kier molecular flexibility index (Phi) is 8.38. The van der Waals surface area contributed by atoms with Gasteiger partial charge in [-0.25, -0.2) is 4.39 Å². The Morgan fingerprint density at radius 2 is 2.09 bits per heavy atom. The molecule has 0 saturated carbocycles. The number of carbonyl (C=O) groups excluding carboxylic acids is 1. The molecule has 0 fully saturated rings. The molecule has 2 aromatic carbocycles. The molecule has 0 spiro atoms. The summed E-state index contributed by atoms with van der Waals surface area (Å²) in [5.41, 5.74) is 2.38. The van der Waals surface area contributed by atoms with Crippen molar-refractivity contribution in [2.75, 3.05) is 57.8 Å². The lowest BCUT2D eigenvalue weighted by Gasteiger charge is -2.29. The van der Waals surface area contributed by atoms with Crippen molar-refractivity contribution in [3.63, 3.8) is 0 Å². The maximum absolute atomic E-state index is 14.7. The molecule has 0 unspecified atom stereocenters. The van der Waals surface area contributed by atoms with Crippen LogP contribution in [0.1, 0.15) is 5.56 Å². The van der Waals surface area contributed by atoms with Crippen molar-refractivity contribution in [2.45, 2.75) is 0 Å². The normalized spacial score (nSPS) is 13.0. The molecule has 1 N–H and O–H groups in total. The van der Waals surface area contributed by atoms with Crippen molar-refractivity contribution in [3.8, 4) is 5.75 Å². The molecular formula is C23H26BrFN4O3. The van der Waals surface area contributed by atoms with Crippen molar-refractivity contribution in [1.29, 1.82) is 0 Å². The third kappa shape index (κ3) is 6.15. The Bertz CT molecular complexity index is 1030. The molecule has 1 aliphatic heterocycles. The van der Waals surface area contributed by atoms with Crippen LogP contribution in [-0.4, -0.2) is 64.7 Å². The van der Waals surface area contributed by atoms with E-state index in [4.69, 9.17) is 9.47 Å². The van der Waals surface area contributed by atoms with Crippen molar-refractivity contribution >= 4 is 45.1 Å². The van der Waals surface area contributed by atoms with E-state index in [2.05, 4.69) is 26.2 Å². The summed E-state index contributed by atoms with van der Waals surface area (Å²) >= 11 is 3.29. The first kappa shape index (κ1) is 23.9.